The molecule has 4 N–H and O–H groups in total. The molecule has 1 aliphatic carbocycles. The zero-order valence-electron chi connectivity index (χ0n) is 10.6. The highest BCUT2D eigenvalue weighted by atomic mass is 16.3. The van der Waals surface area contributed by atoms with E-state index in [1.807, 2.05) is 10.6 Å². The van der Waals surface area contributed by atoms with Crippen LogP contribution in [0.2, 0.25) is 0 Å². The Labute approximate surface area is 110 Å². The lowest BCUT2D eigenvalue weighted by atomic mass is 10.1. The van der Waals surface area contributed by atoms with Gasteiger partial charge in [0.15, 0.2) is 17.0 Å². The first-order valence-electron chi connectivity index (χ1n) is 6.20. The summed E-state index contributed by atoms with van der Waals surface area (Å²) in [5.74, 6) is 1.05. The van der Waals surface area contributed by atoms with Crippen LogP contribution in [0.3, 0.4) is 0 Å². The molecular weight excluding hydrogens is 244 g/mol. The third kappa shape index (κ3) is 1.91. The molecule has 19 heavy (non-hydrogen) atoms. The van der Waals surface area contributed by atoms with E-state index in [0.717, 1.165) is 6.42 Å². The fraction of sp³-hybridized carbons (Fsp3) is 0.417. The van der Waals surface area contributed by atoms with Crippen molar-refractivity contribution in [1.82, 2.24) is 19.5 Å². The number of aliphatic hydroxyl groups excluding tert-OH is 1. The number of aliphatic hydroxyl groups is 1. The van der Waals surface area contributed by atoms with Gasteiger partial charge in [0.2, 0.25) is 5.95 Å². The number of rotatable bonds is 3. The van der Waals surface area contributed by atoms with Crippen LogP contribution < -0.4 is 11.1 Å². The third-order valence-corrected chi connectivity index (χ3v) is 3.42. The minimum absolute atomic E-state index is 0.154. The predicted molar refractivity (Wildman–Crippen MR) is 72.7 cm³/mol. The van der Waals surface area contributed by atoms with Crippen molar-refractivity contribution in [2.24, 2.45) is 5.92 Å². The lowest BCUT2D eigenvalue weighted by Crippen LogP contribution is -2.09. The van der Waals surface area contributed by atoms with Gasteiger partial charge in [-0.15, -0.1) is 0 Å². The Bertz CT molecular complexity index is 634. The van der Waals surface area contributed by atoms with Crippen LogP contribution in [0.5, 0.6) is 0 Å². The molecule has 2 aromatic rings. The summed E-state index contributed by atoms with van der Waals surface area (Å²) in [6.45, 7) is 0.165. The smallest absolute Gasteiger partial charge is 0.224 e. The van der Waals surface area contributed by atoms with Crippen LogP contribution >= 0.6 is 0 Å². The number of nitrogens with two attached hydrogens (primary N) is 1. The average molecular weight is 260 g/mol. The second-order valence-electron chi connectivity index (χ2n) is 4.64. The molecule has 0 saturated heterocycles. The second-order valence-corrected chi connectivity index (χ2v) is 4.64. The van der Waals surface area contributed by atoms with Gasteiger partial charge in [-0.05, 0) is 6.42 Å². The standard InChI is InChI=1S/C12H16N6O/c1-14-10-9-11(17-12(13)16-10)18(6-15-9)8-3-2-7(4-8)5-19/h2-3,6-8,19H,4-5H2,1H3,(H3,13,14,16,17)/t7-,8+/m1/s1. The summed E-state index contributed by atoms with van der Waals surface area (Å²) < 4.78 is 1.97. The molecule has 2 aromatic heterocycles. The molecule has 2 heterocycles. The van der Waals surface area contributed by atoms with E-state index in [9.17, 15) is 5.11 Å². The van der Waals surface area contributed by atoms with E-state index in [-0.39, 0.29) is 24.5 Å². The Morgan fingerprint density at radius 2 is 2.32 bits per heavy atom. The summed E-state index contributed by atoms with van der Waals surface area (Å²) >= 11 is 0. The van der Waals surface area contributed by atoms with Crippen LogP contribution in [0.25, 0.3) is 11.2 Å². The van der Waals surface area contributed by atoms with Gasteiger partial charge in [-0.1, -0.05) is 12.2 Å². The zero-order chi connectivity index (χ0) is 13.4. The first kappa shape index (κ1) is 11.9. The van der Waals surface area contributed by atoms with Gasteiger partial charge < -0.3 is 20.7 Å². The number of anilines is 2. The normalized spacial score (nSPS) is 22.2. The Morgan fingerprint density at radius 3 is 3.00 bits per heavy atom. The quantitative estimate of drug-likeness (QED) is 0.697. The van der Waals surface area contributed by atoms with E-state index in [0.29, 0.717) is 17.0 Å². The van der Waals surface area contributed by atoms with E-state index in [1.54, 1.807) is 13.4 Å². The van der Waals surface area contributed by atoms with E-state index in [1.165, 1.54) is 0 Å². The van der Waals surface area contributed by atoms with Crippen molar-refractivity contribution in [3.63, 3.8) is 0 Å². The first-order chi connectivity index (χ1) is 9.22. The van der Waals surface area contributed by atoms with Crippen molar-refractivity contribution < 1.29 is 5.11 Å². The van der Waals surface area contributed by atoms with Crippen LogP contribution in [0, 0.1) is 5.92 Å². The number of hydrogen-bond donors (Lipinski definition) is 3. The number of allylic oxidation sites excluding steroid dienone is 1. The number of nitrogen functional groups attached to an aromatic ring is 1. The Morgan fingerprint density at radius 1 is 1.47 bits per heavy atom. The van der Waals surface area contributed by atoms with Crippen LogP contribution in [0.4, 0.5) is 11.8 Å². The van der Waals surface area contributed by atoms with Crippen molar-refractivity contribution in [3.8, 4) is 0 Å². The Hall–Kier alpha value is -2.15. The van der Waals surface area contributed by atoms with Gasteiger partial charge >= 0.3 is 0 Å². The summed E-state index contributed by atoms with van der Waals surface area (Å²) in [7, 11) is 1.78. The average Bonchev–Trinajstić information content (AvgIpc) is 3.03. The summed E-state index contributed by atoms with van der Waals surface area (Å²) in [6, 6.07) is 0.154. The van der Waals surface area contributed by atoms with Gasteiger partial charge in [0, 0.05) is 19.6 Å². The number of aromatic nitrogens is 4. The molecule has 2 atom stereocenters. The molecule has 1 aliphatic rings. The predicted octanol–water partition coefficient (Wildman–Crippen LogP) is 0.560. The van der Waals surface area contributed by atoms with Crippen molar-refractivity contribution in [3.05, 3.63) is 18.5 Å². The van der Waals surface area contributed by atoms with Crippen molar-refractivity contribution >= 4 is 22.9 Å². The summed E-state index contributed by atoms with van der Waals surface area (Å²) in [6.07, 6.45) is 6.69. The van der Waals surface area contributed by atoms with E-state index >= 15 is 0 Å². The molecule has 0 radical (unpaired) electrons. The van der Waals surface area contributed by atoms with Crippen LogP contribution in [0.15, 0.2) is 18.5 Å². The largest absolute Gasteiger partial charge is 0.396 e. The molecule has 100 valence electrons. The molecule has 0 amide bonds. The molecule has 0 unspecified atom stereocenters. The van der Waals surface area contributed by atoms with E-state index in [4.69, 9.17) is 5.73 Å². The molecule has 0 spiro atoms. The third-order valence-electron chi connectivity index (χ3n) is 3.42. The topological polar surface area (TPSA) is 102 Å². The molecule has 0 saturated carbocycles. The van der Waals surface area contributed by atoms with Crippen molar-refractivity contribution in [2.45, 2.75) is 12.5 Å². The first-order valence-corrected chi connectivity index (χ1v) is 6.20. The minimum atomic E-state index is 0.154. The van der Waals surface area contributed by atoms with Gasteiger partial charge in [0.25, 0.3) is 0 Å². The number of imidazole rings is 1. The van der Waals surface area contributed by atoms with Gasteiger partial charge in [-0.25, -0.2) is 4.98 Å². The van der Waals surface area contributed by atoms with Crippen LogP contribution in [-0.4, -0.2) is 38.3 Å². The molecule has 7 nitrogen and oxygen atoms in total. The highest BCUT2D eigenvalue weighted by Crippen LogP contribution is 2.31. The summed E-state index contributed by atoms with van der Waals surface area (Å²) in [4.78, 5) is 12.7. The monoisotopic (exact) mass is 260 g/mol. The maximum atomic E-state index is 9.19. The van der Waals surface area contributed by atoms with Crippen molar-refractivity contribution in [2.75, 3.05) is 24.7 Å². The molecule has 0 aliphatic heterocycles. The van der Waals surface area contributed by atoms with E-state index in [2.05, 4.69) is 26.3 Å². The highest BCUT2D eigenvalue weighted by Gasteiger charge is 2.22. The molecule has 3 rings (SSSR count). The highest BCUT2D eigenvalue weighted by molar-refractivity contribution is 5.84. The number of nitrogens with one attached hydrogen (secondary N) is 1. The Kier molecular flexibility index (Phi) is 2.83. The molecular formula is C12H16N6O. The number of hydrogen-bond acceptors (Lipinski definition) is 6. The van der Waals surface area contributed by atoms with Crippen LogP contribution in [-0.2, 0) is 0 Å². The summed E-state index contributed by atoms with van der Waals surface area (Å²) in [5, 5.41) is 12.2. The van der Waals surface area contributed by atoms with Gasteiger partial charge in [-0.2, -0.15) is 9.97 Å². The minimum Gasteiger partial charge on any atom is -0.396 e. The maximum absolute atomic E-state index is 9.19. The molecule has 7 heteroatoms. The van der Waals surface area contributed by atoms with E-state index < -0.39 is 0 Å². The second kappa shape index (κ2) is 4.51. The van der Waals surface area contributed by atoms with Crippen molar-refractivity contribution in [1.29, 1.82) is 0 Å². The number of fused-ring (bicyclic) bond motifs is 1. The fourth-order valence-electron chi connectivity index (χ4n) is 2.44. The SMILES string of the molecule is CNc1nc(N)nc2c1ncn2[C@H]1C=C[C@@H](CO)C1. The van der Waals surface area contributed by atoms with Gasteiger partial charge in [0.05, 0.1) is 12.4 Å². The lowest BCUT2D eigenvalue weighted by Gasteiger charge is -2.12. The lowest BCUT2D eigenvalue weighted by molar-refractivity contribution is 0.244. The fourth-order valence-corrected chi connectivity index (χ4v) is 2.44. The van der Waals surface area contributed by atoms with Crippen LogP contribution in [0.1, 0.15) is 12.5 Å². The maximum Gasteiger partial charge on any atom is 0.224 e. The van der Waals surface area contributed by atoms with Gasteiger partial charge in [0.1, 0.15) is 0 Å². The Balaban J connectivity index is 2.06. The zero-order valence-corrected chi connectivity index (χ0v) is 10.6. The molecule has 0 aromatic carbocycles. The number of nitrogens with zero attached hydrogens (tertiary/aromatic N) is 4. The molecule has 0 fully saturated rings. The molecule has 0 bridgehead atoms. The summed E-state index contributed by atoms with van der Waals surface area (Å²) in [5.41, 5.74) is 7.14. The van der Waals surface area contributed by atoms with Gasteiger partial charge in [-0.3, -0.25) is 0 Å².